The molecule has 164 valence electrons. The summed E-state index contributed by atoms with van der Waals surface area (Å²) in [6, 6.07) is 2.13. The molecule has 0 aliphatic carbocycles. The van der Waals surface area contributed by atoms with Crippen molar-refractivity contribution < 1.29 is 33.0 Å². The van der Waals surface area contributed by atoms with Crippen molar-refractivity contribution in [2.24, 2.45) is 0 Å². The molecule has 13 heteroatoms. The van der Waals surface area contributed by atoms with E-state index in [9.17, 15) is 28.2 Å². The zero-order valence-corrected chi connectivity index (χ0v) is 18.3. The van der Waals surface area contributed by atoms with Crippen LogP contribution in [0.25, 0.3) is 0 Å². The van der Waals surface area contributed by atoms with Gasteiger partial charge in [-0.25, -0.2) is 13.3 Å². The van der Waals surface area contributed by atoms with Crippen molar-refractivity contribution >= 4 is 45.4 Å². The van der Waals surface area contributed by atoms with Crippen LogP contribution in [-0.2, 0) is 26.5 Å². The van der Waals surface area contributed by atoms with Crippen LogP contribution in [-0.4, -0.2) is 88.0 Å². The normalized spacial score (nSPS) is 30.9. The van der Waals surface area contributed by atoms with Crippen molar-refractivity contribution in [1.82, 2.24) is 14.5 Å². The smallest absolute Gasteiger partial charge is 0.409 e. The van der Waals surface area contributed by atoms with E-state index in [4.69, 9.17) is 16.3 Å². The van der Waals surface area contributed by atoms with Crippen molar-refractivity contribution in [2.45, 2.75) is 23.1 Å². The predicted octanol–water partition coefficient (Wildman–Crippen LogP) is 0.128. The molecular weight excluding hydrogens is 458 g/mol. The fraction of sp³-hybridized carbons (Fsp3) is 0.529. The second-order valence-electron chi connectivity index (χ2n) is 7.69. The average molecular weight is 478 g/mol. The number of nitrogens with one attached hydrogen (secondary N) is 1. The van der Waals surface area contributed by atoms with E-state index in [1.165, 1.54) is 11.0 Å². The van der Waals surface area contributed by atoms with Crippen LogP contribution in [0.5, 0.6) is 11.5 Å². The number of phenols is 2. The number of rotatable bonds is 4. The summed E-state index contributed by atoms with van der Waals surface area (Å²) in [5.74, 6) is -1.16. The molecule has 30 heavy (non-hydrogen) atoms. The molecule has 2 amide bonds. The first-order chi connectivity index (χ1) is 14.1. The monoisotopic (exact) mass is 477 g/mol. The van der Waals surface area contributed by atoms with Crippen LogP contribution in [0.3, 0.4) is 0 Å². The molecular formula is C17H20ClN3O7S2. The molecule has 3 aliphatic heterocycles. The lowest BCUT2D eigenvalue weighted by Gasteiger charge is -2.39. The second kappa shape index (κ2) is 7.66. The topological polar surface area (TPSA) is 136 Å². The van der Waals surface area contributed by atoms with Gasteiger partial charge in [-0.3, -0.25) is 9.00 Å². The van der Waals surface area contributed by atoms with Crippen LogP contribution >= 0.6 is 11.6 Å². The van der Waals surface area contributed by atoms with Gasteiger partial charge in [0.25, 0.3) is 5.91 Å². The number of likely N-dealkylation sites (tertiary alicyclic amines) is 1. The van der Waals surface area contributed by atoms with Gasteiger partial charge in [-0.15, -0.1) is 0 Å². The van der Waals surface area contributed by atoms with Crippen LogP contribution in [0.15, 0.2) is 12.1 Å². The van der Waals surface area contributed by atoms with E-state index in [2.05, 4.69) is 5.32 Å². The Balaban J connectivity index is 1.25. The molecule has 2 unspecified atom stereocenters. The number of aromatic hydroxyl groups is 2. The molecule has 0 bridgehead atoms. The highest BCUT2D eigenvalue weighted by Crippen LogP contribution is 2.38. The number of carbonyl (C=O) groups is 2. The number of nitrogens with zero attached hydrogens (tertiary/aromatic N) is 2. The minimum atomic E-state index is -1.26. The lowest BCUT2D eigenvalue weighted by molar-refractivity contribution is 0.0552. The molecule has 0 aromatic heterocycles. The molecule has 3 N–H and O–H groups in total. The maximum Gasteiger partial charge on any atom is 0.409 e. The van der Waals surface area contributed by atoms with Crippen molar-refractivity contribution in [3.63, 3.8) is 0 Å². The van der Waals surface area contributed by atoms with Gasteiger partial charge in [-0.1, -0.05) is 11.6 Å². The van der Waals surface area contributed by atoms with Crippen LogP contribution in [0, 0.1) is 0 Å². The van der Waals surface area contributed by atoms with E-state index in [1.54, 1.807) is 11.2 Å². The first-order valence-electron chi connectivity index (χ1n) is 9.09. The maximum atomic E-state index is 12.5. The Labute approximate surface area is 182 Å². The predicted molar refractivity (Wildman–Crippen MR) is 109 cm³/mol. The Morgan fingerprint density at radius 2 is 2.03 bits per heavy atom. The number of hydrogen-bond donors (Lipinski definition) is 3. The number of fused-ring (bicyclic) bond motifs is 1. The fourth-order valence-corrected chi connectivity index (χ4v) is 7.74. The molecule has 0 saturated carbocycles. The van der Waals surface area contributed by atoms with E-state index in [-0.39, 0.29) is 41.7 Å². The summed E-state index contributed by atoms with van der Waals surface area (Å²) in [6.07, 6.45) is -0.575. The standard InChI is InChI=1S/C17H20ClN3O7S2/c1-17(7-21-12(30(17)27)6-29(21)26)8-28-16(25)20-4-9(5-20)19-15(24)10-2-3-11(22)14(23)13(10)18/h2-3,9,12,22-23H,4-8H2,1H3,(H,19,24)/t12-,17-,29?,30?/m1/s1. The summed E-state index contributed by atoms with van der Waals surface area (Å²) in [6.45, 7) is 2.51. The van der Waals surface area contributed by atoms with Gasteiger partial charge in [-0.05, 0) is 19.1 Å². The highest BCUT2D eigenvalue weighted by atomic mass is 35.5. The third kappa shape index (κ3) is 3.55. The number of carbonyl (C=O) groups excluding carboxylic acids is 2. The Bertz CT molecular complexity index is 971. The van der Waals surface area contributed by atoms with Crippen molar-refractivity contribution in [2.75, 3.05) is 32.0 Å². The van der Waals surface area contributed by atoms with E-state index in [0.717, 1.165) is 6.07 Å². The molecule has 4 rings (SSSR count). The molecule has 3 heterocycles. The number of benzene rings is 1. The Hall–Kier alpha value is -1.89. The Kier molecular flexibility index (Phi) is 5.45. The van der Waals surface area contributed by atoms with Gasteiger partial charge in [0.15, 0.2) is 11.5 Å². The van der Waals surface area contributed by atoms with Crippen LogP contribution < -0.4 is 5.32 Å². The maximum absolute atomic E-state index is 12.5. The number of hydrogen-bond acceptors (Lipinski definition) is 7. The van der Waals surface area contributed by atoms with Crippen molar-refractivity contribution in [1.29, 1.82) is 0 Å². The average Bonchev–Trinajstić information content (AvgIpc) is 2.88. The van der Waals surface area contributed by atoms with Crippen molar-refractivity contribution in [3.8, 4) is 11.5 Å². The Morgan fingerprint density at radius 1 is 1.33 bits per heavy atom. The third-order valence-corrected chi connectivity index (χ3v) is 9.77. The summed E-state index contributed by atoms with van der Waals surface area (Å²) in [5.41, 5.74) is 0.00616. The first kappa shape index (κ1) is 21.3. The van der Waals surface area contributed by atoms with Gasteiger partial charge in [-0.2, -0.15) is 0 Å². The Morgan fingerprint density at radius 3 is 2.67 bits per heavy atom. The second-order valence-corrected chi connectivity index (χ2v) is 11.6. The van der Waals surface area contributed by atoms with E-state index < -0.39 is 50.0 Å². The molecule has 4 atom stereocenters. The minimum Gasteiger partial charge on any atom is -0.504 e. The lowest BCUT2D eigenvalue weighted by Crippen LogP contribution is -2.61. The zero-order chi connectivity index (χ0) is 21.8. The van der Waals surface area contributed by atoms with Gasteiger partial charge >= 0.3 is 6.09 Å². The van der Waals surface area contributed by atoms with E-state index in [1.807, 2.05) is 0 Å². The quantitative estimate of drug-likeness (QED) is 0.524. The van der Waals surface area contributed by atoms with Crippen LogP contribution in [0.1, 0.15) is 17.3 Å². The first-order valence-corrected chi connectivity index (χ1v) is 12.0. The number of amides is 2. The number of halogens is 1. The summed E-state index contributed by atoms with van der Waals surface area (Å²) in [7, 11) is -2.36. The molecule has 0 radical (unpaired) electrons. The highest BCUT2D eigenvalue weighted by molar-refractivity contribution is 7.93. The van der Waals surface area contributed by atoms with E-state index >= 15 is 0 Å². The van der Waals surface area contributed by atoms with Crippen LogP contribution in [0.4, 0.5) is 4.79 Å². The molecule has 3 aliphatic rings. The lowest BCUT2D eigenvalue weighted by atomic mass is 10.1. The van der Waals surface area contributed by atoms with Gasteiger partial charge in [0.2, 0.25) is 0 Å². The molecule has 1 aromatic rings. The molecule has 3 saturated heterocycles. The minimum absolute atomic E-state index is 0.00616. The third-order valence-electron chi connectivity index (χ3n) is 5.41. The summed E-state index contributed by atoms with van der Waals surface area (Å²) in [5, 5.41) is 21.2. The SMILES string of the molecule is C[C@]1(COC(=O)N2CC(NC(=O)c3ccc(O)c(O)c3Cl)C2)CN2[C@@H](CS2=O)S1=O. The van der Waals surface area contributed by atoms with E-state index in [0.29, 0.717) is 12.3 Å². The fourth-order valence-electron chi connectivity index (χ4n) is 3.53. The number of phenolic OH excluding ortho intramolecular Hbond substituents is 2. The molecule has 10 nitrogen and oxygen atoms in total. The number of ether oxygens (including phenoxy) is 1. The highest BCUT2D eigenvalue weighted by Gasteiger charge is 2.56. The summed E-state index contributed by atoms with van der Waals surface area (Å²) >= 11 is 5.88. The van der Waals surface area contributed by atoms with Gasteiger partial charge in [0.05, 0.1) is 48.9 Å². The zero-order valence-electron chi connectivity index (χ0n) is 15.9. The summed E-state index contributed by atoms with van der Waals surface area (Å²) in [4.78, 5) is 25.9. The van der Waals surface area contributed by atoms with Crippen LogP contribution in [0.2, 0.25) is 5.02 Å². The van der Waals surface area contributed by atoms with Gasteiger partial charge < -0.3 is 25.2 Å². The summed E-state index contributed by atoms with van der Waals surface area (Å²) < 4.78 is 30.4. The largest absolute Gasteiger partial charge is 0.504 e. The van der Waals surface area contributed by atoms with Crippen molar-refractivity contribution in [3.05, 3.63) is 22.7 Å². The molecule has 0 spiro atoms. The molecule has 1 aromatic carbocycles. The molecule has 3 fully saturated rings. The van der Waals surface area contributed by atoms with Gasteiger partial charge in [0, 0.05) is 19.6 Å². The van der Waals surface area contributed by atoms with Gasteiger partial charge in [0.1, 0.15) is 12.0 Å².